The molecule has 7 heteroatoms. The monoisotopic (exact) mass is 216 g/mol. The van der Waals surface area contributed by atoms with Crippen LogP contribution in [0.2, 0.25) is 0 Å². The number of hydrogen-bond donors (Lipinski definition) is 3. The second-order valence-corrected chi connectivity index (χ2v) is 3.30. The fourth-order valence-electron chi connectivity index (χ4n) is 1.31. The number of nitrogens with zero attached hydrogens (tertiary/aromatic N) is 1. The van der Waals surface area contributed by atoms with Crippen molar-refractivity contribution in [2.45, 2.75) is 12.5 Å². The van der Waals surface area contributed by atoms with Gasteiger partial charge in [0.1, 0.15) is 6.54 Å². The maximum atomic E-state index is 11.1. The van der Waals surface area contributed by atoms with Crippen LogP contribution in [0.15, 0.2) is 0 Å². The molecule has 15 heavy (non-hydrogen) atoms. The van der Waals surface area contributed by atoms with Crippen LogP contribution in [0.25, 0.3) is 0 Å². The summed E-state index contributed by atoms with van der Waals surface area (Å²) in [5, 5.41) is 19.5. The van der Waals surface area contributed by atoms with E-state index in [9.17, 15) is 14.4 Å². The van der Waals surface area contributed by atoms with Crippen molar-refractivity contribution in [2.75, 3.05) is 19.6 Å². The normalized spacial score (nSPS) is 20.5. The van der Waals surface area contributed by atoms with Crippen molar-refractivity contribution in [3.05, 3.63) is 0 Å². The van der Waals surface area contributed by atoms with E-state index < -0.39 is 24.5 Å². The molecule has 1 unspecified atom stereocenters. The minimum absolute atomic E-state index is 0.0201. The Hall–Kier alpha value is -1.63. The molecule has 0 spiro atoms. The van der Waals surface area contributed by atoms with Gasteiger partial charge in [0.2, 0.25) is 11.8 Å². The summed E-state index contributed by atoms with van der Waals surface area (Å²) in [6.45, 7) is -0.550. The number of carbonyl (C=O) groups excluding carboxylic acids is 2. The summed E-state index contributed by atoms with van der Waals surface area (Å²) in [7, 11) is 0. The van der Waals surface area contributed by atoms with Gasteiger partial charge in [-0.15, -0.1) is 0 Å². The summed E-state index contributed by atoms with van der Waals surface area (Å²) in [6.07, 6.45) is -0.712. The summed E-state index contributed by atoms with van der Waals surface area (Å²) < 4.78 is 0. The maximum Gasteiger partial charge on any atom is 0.322 e. The third kappa shape index (κ3) is 3.55. The Morgan fingerprint density at radius 3 is 2.67 bits per heavy atom. The molecule has 1 heterocycles. The van der Waals surface area contributed by atoms with Crippen molar-refractivity contribution in [1.82, 2.24) is 10.2 Å². The van der Waals surface area contributed by atoms with E-state index in [1.54, 1.807) is 0 Å². The minimum Gasteiger partial charge on any atom is -0.480 e. The number of aliphatic hydroxyl groups is 1. The van der Waals surface area contributed by atoms with Gasteiger partial charge in [-0.25, -0.2) is 0 Å². The highest BCUT2D eigenvalue weighted by molar-refractivity contribution is 5.87. The smallest absolute Gasteiger partial charge is 0.322 e. The van der Waals surface area contributed by atoms with Crippen molar-refractivity contribution in [3.63, 3.8) is 0 Å². The molecule has 1 aliphatic heterocycles. The van der Waals surface area contributed by atoms with Gasteiger partial charge in [-0.1, -0.05) is 0 Å². The van der Waals surface area contributed by atoms with Crippen molar-refractivity contribution >= 4 is 17.8 Å². The number of amides is 2. The molecule has 0 saturated carbocycles. The molecular weight excluding hydrogens is 204 g/mol. The molecule has 1 aliphatic rings. The Morgan fingerprint density at radius 2 is 2.20 bits per heavy atom. The van der Waals surface area contributed by atoms with Gasteiger partial charge in [-0.05, 0) is 0 Å². The van der Waals surface area contributed by atoms with Crippen LogP contribution in [-0.4, -0.2) is 58.6 Å². The van der Waals surface area contributed by atoms with E-state index in [1.165, 1.54) is 4.90 Å². The van der Waals surface area contributed by atoms with Gasteiger partial charge in [0.15, 0.2) is 0 Å². The number of hydrogen-bond acceptors (Lipinski definition) is 4. The molecule has 0 aliphatic carbocycles. The summed E-state index contributed by atoms with van der Waals surface area (Å²) in [6, 6.07) is 0. The third-order valence-corrected chi connectivity index (χ3v) is 1.97. The van der Waals surface area contributed by atoms with Crippen LogP contribution in [0.3, 0.4) is 0 Å². The number of nitrogens with one attached hydrogen (secondary N) is 1. The number of carboxylic acids is 1. The molecule has 1 fully saturated rings. The summed E-state index contributed by atoms with van der Waals surface area (Å²) in [5.41, 5.74) is 0. The van der Waals surface area contributed by atoms with E-state index in [4.69, 9.17) is 10.2 Å². The quantitative estimate of drug-likeness (QED) is 0.493. The van der Waals surface area contributed by atoms with Crippen LogP contribution in [0.4, 0.5) is 0 Å². The lowest BCUT2D eigenvalue weighted by Crippen LogP contribution is -2.40. The fourth-order valence-corrected chi connectivity index (χ4v) is 1.31. The van der Waals surface area contributed by atoms with Gasteiger partial charge < -0.3 is 20.4 Å². The van der Waals surface area contributed by atoms with Crippen LogP contribution in [0.5, 0.6) is 0 Å². The first-order valence-corrected chi connectivity index (χ1v) is 4.43. The molecule has 7 nitrogen and oxygen atoms in total. The number of likely N-dealkylation sites (tertiary alicyclic amines) is 1. The van der Waals surface area contributed by atoms with Crippen LogP contribution >= 0.6 is 0 Å². The van der Waals surface area contributed by atoms with E-state index in [1.807, 2.05) is 0 Å². The highest BCUT2D eigenvalue weighted by Gasteiger charge is 2.29. The second kappa shape index (κ2) is 4.74. The largest absolute Gasteiger partial charge is 0.480 e. The molecule has 1 rings (SSSR count). The van der Waals surface area contributed by atoms with E-state index in [-0.39, 0.29) is 25.4 Å². The highest BCUT2D eigenvalue weighted by Crippen LogP contribution is 2.09. The topological polar surface area (TPSA) is 107 Å². The van der Waals surface area contributed by atoms with Gasteiger partial charge in [-0.2, -0.15) is 0 Å². The first kappa shape index (κ1) is 11.4. The average molecular weight is 216 g/mol. The van der Waals surface area contributed by atoms with Crippen molar-refractivity contribution < 1.29 is 24.6 Å². The highest BCUT2D eigenvalue weighted by atomic mass is 16.4. The number of rotatable bonds is 4. The second-order valence-electron chi connectivity index (χ2n) is 3.30. The molecular formula is C8H12N2O5. The van der Waals surface area contributed by atoms with Crippen molar-refractivity contribution in [2.24, 2.45) is 0 Å². The standard InChI is InChI=1S/C8H12N2O5/c11-5-1-7(13)10(3-5)4-6(12)9-2-8(14)15/h5,11H,1-4H2,(H,9,12)(H,14,15). The van der Waals surface area contributed by atoms with Crippen LogP contribution in [-0.2, 0) is 14.4 Å². The molecule has 0 radical (unpaired) electrons. The first-order chi connectivity index (χ1) is 6.99. The van der Waals surface area contributed by atoms with Crippen LogP contribution in [0.1, 0.15) is 6.42 Å². The zero-order valence-electron chi connectivity index (χ0n) is 7.97. The minimum atomic E-state index is -1.14. The van der Waals surface area contributed by atoms with Gasteiger partial charge in [0, 0.05) is 6.54 Å². The molecule has 0 aromatic rings. The van der Waals surface area contributed by atoms with Gasteiger partial charge in [0.05, 0.1) is 19.1 Å². The third-order valence-electron chi connectivity index (χ3n) is 1.97. The number of aliphatic hydroxyl groups excluding tert-OH is 1. The first-order valence-electron chi connectivity index (χ1n) is 4.43. The Bertz CT molecular complexity index is 291. The lowest BCUT2D eigenvalue weighted by Gasteiger charge is -2.14. The molecule has 3 N–H and O–H groups in total. The lowest BCUT2D eigenvalue weighted by atomic mass is 10.3. The van der Waals surface area contributed by atoms with E-state index in [2.05, 4.69) is 5.32 Å². The Balaban J connectivity index is 2.32. The van der Waals surface area contributed by atoms with Gasteiger partial charge >= 0.3 is 5.97 Å². The Morgan fingerprint density at radius 1 is 1.53 bits per heavy atom. The fraction of sp³-hybridized carbons (Fsp3) is 0.625. The SMILES string of the molecule is O=C(O)CNC(=O)CN1CC(O)CC1=O. The Kier molecular flexibility index (Phi) is 3.62. The summed E-state index contributed by atoms with van der Waals surface area (Å²) in [5.74, 6) is -1.98. The molecule has 84 valence electrons. The number of β-amino-alcohol motifs (C(OH)–C–C–N with tert-alkyl or cyclic N) is 1. The summed E-state index contributed by atoms with van der Waals surface area (Å²) in [4.78, 5) is 33.6. The van der Waals surface area contributed by atoms with Crippen LogP contribution < -0.4 is 5.32 Å². The zero-order chi connectivity index (χ0) is 11.4. The van der Waals surface area contributed by atoms with E-state index in [0.29, 0.717) is 0 Å². The predicted molar refractivity (Wildman–Crippen MR) is 47.8 cm³/mol. The van der Waals surface area contributed by atoms with E-state index in [0.717, 1.165) is 0 Å². The number of carboxylic acid groups (broad SMARTS) is 1. The average Bonchev–Trinajstić information content (AvgIpc) is 2.42. The van der Waals surface area contributed by atoms with Crippen molar-refractivity contribution in [1.29, 1.82) is 0 Å². The van der Waals surface area contributed by atoms with Gasteiger partial charge in [0.25, 0.3) is 0 Å². The lowest BCUT2D eigenvalue weighted by molar-refractivity contribution is -0.138. The molecule has 1 saturated heterocycles. The predicted octanol–water partition coefficient (Wildman–Crippen LogP) is -2.22. The summed E-state index contributed by atoms with van der Waals surface area (Å²) >= 11 is 0. The van der Waals surface area contributed by atoms with E-state index >= 15 is 0 Å². The van der Waals surface area contributed by atoms with Gasteiger partial charge in [-0.3, -0.25) is 14.4 Å². The molecule has 0 aromatic carbocycles. The van der Waals surface area contributed by atoms with Crippen molar-refractivity contribution in [3.8, 4) is 0 Å². The molecule has 2 amide bonds. The zero-order valence-corrected chi connectivity index (χ0v) is 7.97. The molecule has 0 aromatic heterocycles. The Labute approximate surface area is 85.7 Å². The molecule has 1 atom stereocenters. The number of aliphatic carboxylic acids is 1. The number of carbonyl (C=O) groups is 3. The maximum absolute atomic E-state index is 11.1. The molecule has 0 bridgehead atoms. The van der Waals surface area contributed by atoms with Crippen LogP contribution in [0, 0.1) is 0 Å².